The van der Waals surface area contributed by atoms with E-state index in [9.17, 15) is 4.39 Å². The van der Waals surface area contributed by atoms with E-state index in [1.165, 1.54) is 19.2 Å². The van der Waals surface area contributed by atoms with Crippen LogP contribution in [0.2, 0.25) is 0 Å². The number of nitrogens with zero attached hydrogens (tertiary/aromatic N) is 5. The number of hydrogen-bond acceptors (Lipinski definition) is 7. The second-order valence-corrected chi connectivity index (χ2v) is 8.95. The van der Waals surface area contributed by atoms with Crippen LogP contribution in [0.15, 0.2) is 61.1 Å². The molecule has 0 atom stereocenters. The number of fused-ring (bicyclic) bond motifs is 2. The van der Waals surface area contributed by atoms with Crippen LogP contribution < -0.4 is 10.1 Å². The Labute approximate surface area is 211 Å². The van der Waals surface area contributed by atoms with Gasteiger partial charge in [-0.25, -0.2) is 14.4 Å². The fraction of sp³-hybridized carbons (Fsp3) is 0.148. The fourth-order valence-electron chi connectivity index (χ4n) is 4.29. The first-order valence-electron chi connectivity index (χ1n) is 11.8. The van der Waals surface area contributed by atoms with Crippen LogP contribution in [0.5, 0.6) is 5.75 Å². The highest BCUT2D eigenvalue weighted by atomic mass is 19.1. The number of rotatable bonds is 6. The highest BCUT2D eigenvalue weighted by Gasteiger charge is 2.18. The van der Waals surface area contributed by atoms with Gasteiger partial charge in [-0.1, -0.05) is 0 Å². The Morgan fingerprint density at radius 2 is 1.78 bits per heavy atom. The summed E-state index contributed by atoms with van der Waals surface area (Å²) in [5.41, 5.74) is 7.02. The van der Waals surface area contributed by atoms with Gasteiger partial charge in [-0.15, -0.1) is 0 Å². The number of ether oxygens (including phenoxy) is 1. The van der Waals surface area contributed by atoms with Crippen molar-refractivity contribution in [3.63, 3.8) is 0 Å². The minimum Gasteiger partial charge on any atom is -0.497 e. The van der Waals surface area contributed by atoms with E-state index in [1.54, 1.807) is 24.7 Å². The number of benzene rings is 1. The molecule has 6 rings (SSSR count). The predicted molar refractivity (Wildman–Crippen MR) is 141 cm³/mol. The molecule has 0 fully saturated rings. The van der Waals surface area contributed by atoms with Gasteiger partial charge in [0.1, 0.15) is 22.6 Å². The van der Waals surface area contributed by atoms with Crippen molar-refractivity contribution in [3.05, 3.63) is 66.9 Å². The zero-order valence-electron chi connectivity index (χ0n) is 20.4. The summed E-state index contributed by atoms with van der Waals surface area (Å²) in [7, 11) is 1.50. The predicted octanol–water partition coefficient (Wildman–Crippen LogP) is 5.59. The van der Waals surface area contributed by atoms with Gasteiger partial charge in [-0.2, -0.15) is 5.10 Å². The summed E-state index contributed by atoms with van der Waals surface area (Å²) in [5, 5.41) is 10.9. The van der Waals surface area contributed by atoms with Crippen LogP contribution in [-0.4, -0.2) is 48.3 Å². The fourth-order valence-corrected chi connectivity index (χ4v) is 4.29. The van der Waals surface area contributed by atoms with Crippen LogP contribution in [0.1, 0.15) is 13.8 Å². The molecule has 184 valence electrons. The largest absolute Gasteiger partial charge is 0.497 e. The number of halogens is 1. The second kappa shape index (κ2) is 8.98. The van der Waals surface area contributed by atoms with Gasteiger partial charge in [0, 0.05) is 41.8 Å². The molecule has 37 heavy (non-hydrogen) atoms. The van der Waals surface area contributed by atoms with Gasteiger partial charge in [-0.05, 0) is 50.2 Å². The molecule has 0 aliphatic carbocycles. The number of aromatic amines is 2. The first-order chi connectivity index (χ1) is 18.0. The smallest absolute Gasteiger partial charge is 0.161 e. The SMILES string of the molecule is COc1cc(F)cc(-c2nccc3[nH]c(-c4n[nH]c5ccc(-c6cncc(NC(C)C)c6)nc45)nc23)c1. The van der Waals surface area contributed by atoms with Crippen molar-refractivity contribution in [3.8, 4) is 39.8 Å². The van der Waals surface area contributed by atoms with Crippen molar-refractivity contribution < 1.29 is 9.13 Å². The summed E-state index contributed by atoms with van der Waals surface area (Å²) in [6.07, 6.45) is 5.23. The van der Waals surface area contributed by atoms with Crippen LogP contribution in [0.3, 0.4) is 0 Å². The molecule has 5 heterocycles. The van der Waals surface area contributed by atoms with Crippen LogP contribution in [0.4, 0.5) is 10.1 Å². The molecule has 0 radical (unpaired) electrons. The van der Waals surface area contributed by atoms with Crippen molar-refractivity contribution in [1.29, 1.82) is 0 Å². The summed E-state index contributed by atoms with van der Waals surface area (Å²) in [4.78, 5) is 21.8. The number of anilines is 1. The molecule has 10 heteroatoms. The molecule has 0 saturated heterocycles. The van der Waals surface area contributed by atoms with Crippen LogP contribution in [-0.2, 0) is 0 Å². The Balaban J connectivity index is 1.45. The maximum atomic E-state index is 14.2. The maximum Gasteiger partial charge on any atom is 0.161 e. The summed E-state index contributed by atoms with van der Waals surface area (Å²) in [5.74, 6) is 0.514. The first kappa shape index (κ1) is 22.6. The van der Waals surface area contributed by atoms with Gasteiger partial charge in [-0.3, -0.25) is 15.1 Å². The highest BCUT2D eigenvalue weighted by molar-refractivity contribution is 5.95. The Kier molecular flexibility index (Phi) is 5.48. The average molecular weight is 495 g/mol. The quantitative estimate of drug-likeness (QED) is 0.276. The molecule has 0 aliphatic heterocycles. The molecule has 9 nitrogen and oxygen atoms in total. The molecule has 0 bridgehead atoms. The molecule has 3 N–H and O–H groups in total. The third-order valence-electron chi connectivity index (χ3n) is 5.90. The molecule has 0 saturated carbocycles. The number of imidazole rings is 1. The normalized spacial score (nSPS) is 11.5. The minimum absolute atomic E-state index is 0.286. The van der Waals surface area contributed by atoms with E-state index in [1.807, 2.05) is 24.3 Å². The summed E-state index contributed by atoms with van der Waals surface area (Å²) >= 11 is 0. The van der Waals surface area contributed by atoms with Crippen LogP contribution in [0, 0.1) is 5.82 Å². The average Bonchev–Trinajstić information content (AvgIpc) is 3.51. The van der Waals surface area contributed by atoms with Gasteiger partial charge in [0.2, 0.25) is 0 Å². The molecule has 0 unspecified atom stereocenters. The number of aromatic nitrogens is 7. The Morgan fingerprint density at radius 3 is 2.62 bits per heavy atom. The van der Waals surface area contributed by atoms with Crippen molar-refractivity contribution in [2.75, 3.05) is 12.4 Å². The second-order valence-electron chi connectivity index (χ2n) is 8.95. The molecule has 0 spiro atoms. The maximum absolute atomic E-state index is 14.2. The Hall–Kier alpha value is -4.86. The molecular weight excluding hydrogens is 471 g/mol. The van der Waals surface area contributed by atoms with Gasteiger partial charge < -0.3 is 15.0 Å². The van der Waals surface area contributed by atoms with Crippen LogP contribution >= 0.6 is 0 Å². The van der Waals surface area contributed by atoms with Crippen molar-refractivity contribution in [1.82, 2.24) is 35.1 Å². The monoisotopic (exact) mass is 494 g/mol. The van der Waals surface area contributed by atoms with Crippen molar-refractivity contribution in [2.45, 2.75) is 19.9 Å². The number of H-pyrrole nitrogens is 2. The molecular formula is C27H23FN8O. The number of nitrogens with one attached hydrogen (secondary N) is 3. The lowest BCUT2D eigenvalue weighted by Gasteiger charge is -2.10. The number of methoxy groups -OCH3 is 1. The standard InChI is InChI=1S/C27H23FN8O/c1-14(2)31-18-9-16(12-29-13-18)20-4-5-22-25(32-20)26(36-35-22)27-33-21-6-7-30-23(24(21)34-27)15-8-17(28)11-19(10-15)37-3/h4-14,31H,1-3H3,(H,33,34)(H,35,36). The summed E-state index contributed by atoms with van der Waals surface area (Å²) in [6, 6.07) is 12.5. The first-order valence-corrected chi connectivity index (χ1v) is 11.8. The van der Waals surface area contributed by atoms with E-state index >= 15 is 0 Å². The number of pyridine rings is 3. The summed E-state index contributed by atoms with van der Waals surface area (Å²) < 4.78 is 19.4. The molecule has 5 aromatic heterocycles. The van der Waals surface area contributed by atoms with Gasteiger partial charge in [0.05, 0.1) is 35.2 Å². The minimum atomic E-state index is -0.416. The van der Waals surface area contributed by atoms with Gasteiger partial charge >= 0.3 is 0 Å². The molecule has 6 aromatic rings. The lowest BCUT2D eigenvalue weighted by atomic mass is 10.1. The zero-order chi connectivity index (χ0) is 25.5. The molecule has 1 aromatic carbocycles. The van der Waals surface area contributed by atoms with E-state index in [2.05, 4.69) is 44.3 Å². The van der Waals surface area contributed by atoms with E-state index in [0.29, 0.717) is 39.6 Å². The van der Waals surface area contributed by atoms with E-state index in [0.717, 1.165) is 28.0 Å². The Bertz CT molecular complexity index is 1760. The zero-order valence-corrected chi connectivity index (χ0v) is 20.4. The summed E-state index contributed by atoms with van der Waals surface area (Å²) in [6.45, 7) is 4.15. The third kappa shape index (κ3) is 4.22. The Morgan fingerprint density at radius 1 is 0.919 bits per heavy atom. The number of hydrogen-bond donors (Lipinski definition) is 3. The van der Waals surface area contributed by atoms with E-state index in [4.69, 9.17) is 14.7 Å². The van der Waals surface area contributed by atoms with Crippen molar-refractivity contribution in [2.24, 2.45) is 0 Å². The van der Waals surface area contributed by atoms with Gasteiger partial charge in [0.25, 0.3) is 0 Å². The molecule has 0 aliphatic rings. The lowest BCUT2D eigenvalue weighted by molar-refractivity contribution is 0.411. The van der Waals surface area contributed by atoms with Gasteiger partial charge in [0.15, 0.2) is 11.5 Å². The topological polar surface area (TPSA) is 117 Å². The highest BCUT2D eigenvalue weighted by Crippen LogP contribution is 2.32. The van der Waals surface area contributed by atoms with Crippen molar-refractivity contribution >= 4 is 27.8 Å². The van der Waals surface area contributed by atoms with E-state index < -0.39 is 5.82 Å². The lowest BCUT2D eigenvalue weighted by Crippen LogP contribution is -2.09. The third-order valence-corrected chi connectivity index (χ3v) is 5.90. The molecule has 0 amide bonds. The van der Waals surface area contributed by atoms with E-state index in [-0.39, 0.29) is 6.04 Å². The van der Waals surface area contributed by atoms with Crippen LogP contribution in [0.25, 0.3) is 56.1 Å².